The van der Waals surface area contributed by atoms with Crippen LogP contribution in [0.25, 0.3) is 22.0 Å². The van der Waals surface area contributed by atoms with E-state index in [1.165, 1.54) is 0 Å². The van der Waals surface area contributed by atoms with Gasteiger partial charge in [0.1, 0.15) is 6.04 Å². The lowest BCUT2D eigenvalue weighted by atomic mass is 9.95. The third kappa shape index (κ3) is 4.92. The van der Waals surface area contributed by atoms with Crippen LogP contribution in [0.5, 0.6) is 0 Å². The fourth-order valence-electron chi connectivity index (χ4n) is 5.30. The van der Waals surface area contributed by atoms with E-state index in [0.717, 1.165) is 44.5 Å². The fraction of sp³-hybridized carbons (Fsp3) is 0.156. The van der Waals surface area contributed by atoms with Crippen molar-refractivity contribution in [2.75, 3.05) is 0 Å². The van der Waals surface area contributed by atoms with Crippen molar-refractivity contribution < 1.29 is 9.59 Å². The molecule has 194 valence electrons. The van der Waals surface area contributed by atoms with E-state index in [-0.39, 0.29) is 18.4 Å². The summed E-state index contributed by atoms with van der Waals surface area (Å²) in [6.45, 7) is 0.987. The van der Waals surface area contributed by atoms with Gasteiger partial charge in [-0.3, -0.25) is 14.6 Å². The van der Waals surface area contributed by atoms with Crippen LogP contribution in [0.4, 0.5) is 0 Å². The Balaban J connectivity index is 1.29. The quantitative estimate of drug-likeness (QED) is 0.308. The minimum atomic E-state index is -0.657. The Hall–Kier alpha value is -4.75. The van der Waals surface area contributed by atoms with E-state index in [0.29, 0.717) is 25.1 Å². The summed E-state index contributed by atoms with van der Waals surface area (Å²) < 4.78 is 0. The zero-order valence-electron chi connectivity index (χ0n) is 21.4. The number of benzene rings is 3. The van der Waals surface area contributed by atoms with Gasteiger partial charge in [0.15, 0.2) is 0 Å². The average Bonchev–Trinajstić information content (AvgIpc) is 3.37. The predicted octanol–water partition coefficient (Wildman–Crippen LogP) is 4.57. The number of nitrogens with one attached hydrogen (secondary N) is 2. The highest BCUT2D eigenvalue weighted by molar-refractivity contribution is 5.99. The van der Waals surface area contributed by atoms with Gasteiger partial charge in [0.05, 0.1) is 18.8 Å². The fourth-order valence-corrected chi connectivity index (χ4v) is 5.30. The van der Waals surface area contributed by atoms with Crippen LogP contribution < -0.4 is 11.1 Å². The Morgan fingerprint density at radius 1 is 0.949 bits per heavy atom. The van der Waals surface area contributed by atoms with E-state index < -0.39 is 6.04 Å². The van der Waals surface area contributed by atoms with Crippen molar-refractivity contribution in [2.24, 2.45) is 5.73 Å². The number of hydrogen-bond donors (Lipinski definition) is 3. The molecule has 0 aliphatic carbocycles. The molecule has 0 fully saturated rings. The highest BCUT2D eigenvalue weighted by atomic mass is 16.2. The molecule has 7 heteroatoms. The maximum atomic E-state index is 13.9. The van der Waals surface area contributed by atoms with Gasteiger partial charge in [-0.15, -0.1) is 0 Å². The van der Waals surface area contributed by atoms with Crippen molar-refractivity contribution in [3.8, 4) is 11.1 Å². The molecule has 0 spiro atoms. The number of H-pyrrole nitrogens is 1. The number of aromatic amines is 1. The number of amides is 2. The maximum absolute atomic E-state index is 13.9. The van der Waals surface area contributed by atoms with Gasteiger partial charge in [-0.2, -0.15) is 0 Å². The number of pyridine rings is 1. The van der Waals surface area contributed by atoms with E-state index >= 15 is 0 Å². The molecular weight excluding hydrogens is 486 g/mol. The molecule has 5 aromatic rings. The molecule has 0 saturated carbocycles. The third-order valence-corrected chi connectivity index (χ3v) is 7.37. The minimum absolute atomic E-state index is 0.178. The van der Waals surface area contributed by atoms with E-state index in [1.807, 2.05) is 84.9 Å². The molecule has 7 nitrogen and oxygen atoms in total. The summed E-state index contributed by atoms with van der Waals surface area (Å²) in [5.74, 6) is -0.387. The van der Waals surface area contributed by atoms with Crippen LogP contribution in [-0.4, -0.2) is 32.7 Å². The molecule has 3 heterocycles. The van der Waals surface area contributed by atoms with Gasteiger partial charge in [0, 0.05) is 41.3 Å². The second-order valence-corrected chi connectivity index (χ2v) is 9.80. The Labute approximate surface area is 226 Å². The van der Waals surface area contributed by atoms with Crippen molar-refractivity contribution in [3.05, 3.63) is 125 Å². The first kappa shape index (κ1) is 24.6. The van der Waals surface area contributed by atoms with E-state index in [1.54, 1.807) is 11.1 Å². The zero-order valence-corrected chi connectivity index (χ0v) is 21.4. The smallest absolute Gasteiger partial charge is 0.254 e. The van der Waals surface area contributed by atoms with E-state index in [4.69, 9.17) is 5.73 Å². The van der Waals surface area contributed by atoms with Crippen LogP contribution in [0.2, 0.25) is 0 Å². The van der Waals surface area contributed by atoms with E-state index in [9.17, 15) is 9.59 Å². The van der Waals surface area contributed by atoms with E-state index in [2.05, 4.69) is 21.4 Å². The number of carbonyl (C=O) groups excluding carboxylic acids is 2. The molecule has 1 atom stereocenters. The lowest BCUT2D eigenvalue weighted by Gasteiger charge is -2.35. The molecule has 6 rings (SSSR count). The molecule has 2 aromatic heterocycles. The molecule has 0 bridgehead atoms. The monoisotopic (exact) mass is 515 g/mol. The van der Waals surface area contributed by atoms with Gasteiger partial charge >= 0.3 is 0 Å². The van der Waals surface area contributed by atoms with Crippen molar-refractivity contribution in [3.63, 3.8) is 0 Å². The first-order valence-corrected chi connectivity index (χ1v) is 13.1. The number of carbonyl (C=O) groups is 2. The SMILES string of the molecule is NCc1ccnc(CNC(=O)C2Cc3c([nH]c4ccccc34)CN2C(=O)c2ccc(-c3ccccc3)cc2)c1. The Kier molecular flexibility index (Phi) is 6.65. The van der Waals surface area contributed by atoms with Gasteiger partial charge in [0.2, 0.25) is 5.91 Å². The molecule has 1 aliphatic heterocycles. The number of rotatable bonds is 6. The van der Waals surface area contributed by atoms with Gasteiger partial charge < -0.3 is 20.9 Å². The van der Waals surface area contributed by atoms with Crippen molar-refractivity contribution >= 4 is 22.7 Å². The largest absolute Gasteiger partial charge is 0.357 e. The zero-order chi connectivity index (χ0) is 26.8. The van der Waals surface area contributed by atoms with Crippen molar-refractivity contribution in [1.29, 1.82) is 0 Å². The van der Waals surface area contributed by atoms with Crippen LogP contribution in [-0.2, 0) is 30.8 Å². The lowest BCUT2D eigenvalue weighted by Crippen LogP contribution is -2.52. The summed E-state index contributed by atoms with van der Waals surface area (Å²) in [5.41, 5.74) is 13.1. The lowest BCUT2D eigenvalue weighted by molar-refractivity contribution is -0.126. The second kappa shape index (κ2) is 10.6. The summed E-state index contributed by atoms with van der Waals surface area (Å²) in [5, 5.41) is 4.10. The number of nitrogens with two attached hydrogens (primary N) is 1. The second-order valence-electron chi connectivity index (χ2n) is 9.80. The molecule has 0 saturated heterocycles. The van der Waals surface area contributed by atoms with Crippen LogP contribution in [0.1, 0.15) is 32.9 Å². The molecular formula is C32H29N5O2. The number of nitrogens with zero attached hydrogens (tertiary/aromatic N) is 2. The minimum Gasteiger partial charge on any atom is -0.357 e. The summed E-state index contributed by atoms with van der Waals surface area (Å²) in [6.07, 6.45) is 2.12. The summed E-state index contributed by atoms with van der Waals surface area (Å²) in [7, 11) is 0. The van der Waals surface area contributed by atoms with Gasteiger partial charge in [-0.25, -0.2) is 0 Å². The van der Waals surface area contributed by atoms with Gasteiger partial charge in [-0.05, 0) is 52.6 Å². The standard InChI is InChI=1S/C32H29N5O2/c33-18-21-14-15-34-25(16-21)19-35-31(38)30-17-27-26-8-4-5-9-28(26)36-29(27)20-37(30)32(39)24-12-10-23(11-13-24)22-6-2-1-3-7-22/h1-16,30,36H,17-20,33H2,(H,35,38). The first-order valence-electron chi connectivity index (χ1n) is 13.1. The van der Waals surface area contributed by atoms with Crippen LogP contribution in [0.3, 0.4) is 0 Å². The van der Waals surface area contributed by atoms with Crippen LogP contribution in [0.15, 0.2) is 97.2 Å². The topological polar surface area (TPSA) is 104 Å². The van der Waals surface area contributed by atoms with Gasteiger partial charge in [0.25, 0.3) is 5.91 Å². The normalized spacial score (nSPS) is 14.7. The molecule has 2 amide bonds. The van der Waals surface area contributed by atoms with Crippen molar-refractivity contribution in [2.45, 2.75) is 32.1 Å². The van der Waals surface area contributed by atoms with Crippen LogP contribution in [0, 0.1) is 0 Å². The highest BCUT2D eigenvalue weighted by Crippen LogP contribution is 2.31. The highest BCUT2D eigenvalue weighted by Gasteiger charge is 2.36. The van der Waals surface area contributed by atoms with Crippen molar-refractivity contribution in [1.82, 2.24) is 20.2 Å². The Bertz CT molecular complexity index is 1640. The van der Waals surface area contributed by atoms with Gasteiger partial charge in [-0.1, -0.05) is 60.7 Å². The number of para-hydroxylation sites is 1. The molecule has 3 aromatic carbocycles. The molecule has 39 heavy (non-hydrogen) atoms. The molecule has 1 unspecified atom stereocenters. The average molecular weight is 516 g/mol. The Morgan fingerprint density at radius 3 is 2.49 bits per heavy atom. The first-order chi connectivity index (χ1) is 19.1. The summed E-state index contributed by atoms with van der Waals surface area (Å²) in [6, 6.07) is 28.7. The molecule has 1 aliphatic rings. The predicted molar refractivity (Wildman–Crippen MR) is 152 cm³/mol. The number of fused-ring (bicyclic) bond motifs is 3. The summed E-state index contributed by atoms with van der Waals surface area (Å²) >= 11 is 0. The molecule has 0 radical (unpaired) electrons. The summed E-state index contributed by atoms with van der Waals surface area (Å²) in [4.78, 5) is 37.0. The Morgan fingerprint density at radius 2 is 1.69 bits per heavy atom. The maximum Gasteiger partial charge on any atom is 0.254 e. The molecule has 4 N–H and O–H groups in total. The number of aromatic nitrogens is 2. The van der Waals surface area contributed by atoms with Crippen LogP contribution >= 0.6 is 0 Å². The number of hydrogen-bond acceptors (Lipinski definition) is 4. The third-order valence-electron chi connectivity index (χ3n) is 7.37.